The SMILES string of the molecule is CC(NC(C)c1ccccc1Cl)C(=O)N1CCc2ccccc21. The molecular weight excluding hydrogens is 308 g/mol. The number of nitrogens with one attached hydrogen (secondary N) is 1. The number of nitrogens with zero attached hydrogens (tertiary/aromatic N) is 1. The Morgan fingerprint density at radius 2 is 1.83 bits per heavy atom. The van der Waals surface area contributed by atoms with Crippen molar-refractivity contribution in [3.05, 3.63) is 64.7 Å². The Morgan fingerprint density at radius 3 is 2.61 bits per heavy atom. The zero-order valence-corrected chi connectivity index (χ0v) is 14.2. The minimum Gasteiger partial charge on any atom is -0.310 e. The van der Waals surface area contributed by atoms with Crippen LogP contribution in [0.4, 0.5) is 5.69 Å². The van der Waals surface area contributed by atoms with E-state index in [0.29, 0.717) is 0 Å². The highest BCUT2D eigenvalue weighted by atomic mass is 35.5. The quantitative estimate of drug-likeness (QED) is 0.921. The minimum atomic E-state index is -0.271. The number of anilines is 1. The van der Waals surface area contributed by atoms with Crippen molar-refractivity contribution in [1.29, 1.82) is 0 Å². The van der Waals surface area contributed by atoms with Gasteiger partial charge in [-0.05, 0) is 43.5 Å². The fourth-order valence-electron chi connectivity index (χ4n) is 3.16. The predicted octanol–water partition coefficient (Wildman–Crippen LogP) is 3.97. The van der Waals surface area contributed by atoms with E-state index in [0.717, 1.165) is 29.2 Å². The summed E-state index contributed by atoms with van der Waals surface area (Å²) >= 11 is 6.24. The molecule has 1 aliphatic rings. The molecule has 2 unspecified atom stereocenters. The summed E-state index contributed by atoms with van der Waals surface area (Å²) in [4.78, 5) is 14.7. The summed E-state index contributed by atoms with van der Waals surface area (Å²) < 4.78 is 0. The Labute approximate surface area is 142 Å². The molecule has 3 rings (SSSR count). The molecule has 0 fully saturated rings. The lowest BCUT2D eigenvalue weighted by Gasteiger charge is -2.25. The number of carbonyl (C=O) groups excluding carboxylic acids is 1. The van der Waals surface area contributed by atoms with E-state index in [1.54, 1.807) is 0 Å². The number of amides is 1. The van der Waals surface area contributed by atoms with Crippen LogP contribution >= 0.6 is 11.6 Å². The van der Waals surface area contributed by atoms with Gasteiger partial charge in [0.2, 0.25) is 5.91 Å². The molecule has 0 spiro atoms. The van der Waals surface area contributed by atoms with Crippen molar-refractivity contribution in [2.24, 2.45) is 0 Å². The Balaban J connectivity index is 1.70. The molecule has 0 bridgehead atoms. The van der Waals surface area contributed by atoms with Gasteiger partial charge in [0.1, 0.15) is 0 Å². The number of benzene rings is 2. The molecule has 1 amide bonds. The smallest absolute Gasteiger partial charge is 0.243 e. The summed E-state index contributed by atoms with van der Waals surface area (Å²) in [5.74, 6) is 0.105. The molecule has 23 heavy (non-hydrogen) atoms. The first-order valence-electron chi connectivity index (χ1n) is 7.97. The highest BCUT2D eigenvalue weighted by Gasteiger charge is 2.28. The highest BCUT2D eigenvalue weighted by Crippen LogP contribution is 2.28. The van der Waals surface area contributed by atoms with Crippen LogP contribution in [0.15, 0.2) is 48.5 Å². The second-order valence-corrected chi connectivity index (χ2v) is 6.41. The maximum Gasteiger partial charge on any atom is 0.243 e. The van der Waals surface area contributed by atoms with Crippen LogP contribution in [-0.4, -0.2) is 18.5 Å². The Bertz CT molecular complexity index is 716. The van der Waals surface area contributed by atoms with Crippen molar-refractivity contribution in [3.8, 4) is 0 Å². The third kappa shape index (κ3) is 3.26. The van der Waals surface area contributed by atoms with E-state index in [1.807, 2.05) is 61.2 Å². The number of halogens is 1. The van der Waals surface area contributed by atoms with Crippen molar-refractivity contribution < 1.29 is 4.79 Å². The lowest BCUT2D eigenvalue weighted by Crippen LogP contribution is -2.45. The Kier molecular flexibility index (Phi) is 4.69. The molecule has 0 saturated carbocycles. The van der Waals surface area contributed by atoms with Crippen LogP contribution in [0.1, 0.15) is 31.0 Å². The molecular formula is C19H21ClN2O. The van der Waals surface area contributed by atoms with Crippen molar-refractivity contribution in [3.63, 3.8) is 0 Å². The molecule has 2 aromatic rings. The van der Waals surface area contributed by atoms with Gasteiger partial charge in [0.15, 0.2) is 0 Å². The molecule has 0 saturated heterocycles. The van der Waals surface area contributed by atoms with Gasteiger partial charge in [-0.15, -0.1) is 0 Å². The first kappa shape index (κ1) is 16.0. The Morgan fingerprint density at radius 1 is 1.13 bits per heavy atom. The summed E-state index contributed by atoms with van der Waals surface area (Å²) in [5.41, 5.74) is 3.29. The first-order valence-corrected chi connectivity index (χ1v) is 8.35. The summed E-state index contributed by atoms with van der Waals surface area (Å²) in [5, 5.41) is 4.09. The lowest BCUT2D eigenvalue weighted by molar-refractivity contribution is -0.120. The van der Waals surface area contributed by atoms with Crippen LogP contribution in [0.2, 0.25) is 5.02 Å². The molecule has 3 nitrogen and oxygen atoms in total. The molecule has 4 heteroatoms. The molecule has 1 heterocycles. The monoisotopic (exact) mass is 328 g/mol. The number of hydrogen-bond acceptors (Lipinski definition) is 2. The van der Waals surface area contributed by atoms with Crippen LogP contribution in [-0.2, 0) is 11.2 Å². The zero-order chi connectivity index (χ0) is 16.4. The molecule has 1 N–H and O–H groups in total. The number of hydrogen-bond donors (Lipinski definition) is 1. The van der Waals surface area contributed by atoms with E-state index in [2.05, 4.69) is 11.4 Å². The molecule has 0 radical (unpaired) electrons. The number of carbonyl (C=O) groups is 1. The molecule has 0 aromatic heterocycles. The van der Waals surface area contributed by atoms with E-state index in [-0.39, 0.29) is 18.0 Å². The van der Waals surface area contributed by atoms with Gasteiger partial charge in [-0.1, -0.05) is 48.0 Å². The maximum atomic E-state index is 12.8. The molecule has 2 atom stereocenters. The van der Waals surface area contributed by atoms with Gasteiger partial charge in [0.25, 0.3) is 0 Å². The second-order valence-electron chi connectivity index (χ2n) is 6.00. The first-order chi connectivity index (χ1) is 11.1. The van der Waals surface area contributed by atoms with Crippen LogP contribution in [0.3, 0.4) is 0 Å². The summed E-state index contributed by atoms with van der Waals surface area (Å²) in [6.45, 7) is 4.70. The molecule has 0 aliphatic carbocycles. The van der Waals surface area contributed by atoms with E-state index < -0.39 is 0 Å². The highest BCUT2D eigenvalue weighted by molar-refractivity contribution is 6.31. The van der Waals surface area contributed by atoms with Crippen LogP contribution in [0.25, 0.3) is 0 Å². The molecule has 120 valence electrons. The van der Waals surface area contributed by atoms with Gasteiger partial charge in [0, 0.05) is 23.3 Å². The van der Waals surface area contributed by atoms with Crippen molar-refractivity contribution >= 4 is 23.2 Å². The second kappa shape index (κ2) is 6.73. The van der Waals surface area contributed by atoms with Crippen LogP contribution < -0.4 is 10.2 Å². The van der Waals surface area contributed by atoms with Crippen LogP contribution in [0, 0.1) is 0 Å². The predicted molar refractivity (Wildman–Crippen MR) is 95.0 cm³/mol. The van der Waals surface area contributed by atoms with Gasteiger partial charge >= 0.3 is 0 Å². The topological polar surface area (TPSA) is 32.3 Å². The summed E-state index contributed by atoms with van der Waals surface area (Å²) in [6, 6.07) is 15.6. The fourth-order valence-corrected chi connectivity index (χ4v) is 3.46. The largest absolute Gasteiger partial charge is 0.310 e. The van der Waals surface area contributed by atoms with E-state index in [4.69, 9.17) is 11.6 Å². The van der Waals surface area contributed by atoms with Gasteiger partial charge in [-0.25, -0.2) is 0 Å². The lowest BCUT2D eigenvalue weighted by atomic mass is 10.1. The van der Waals surface area contributed by atoms with Crippen LogP contribution in [0.5, 0.6) is 0 Å². The van der Waals surface area contributed by atoms with Gasteiger partial charge in [0.05, 0.1) is 6.04 Å². The third-order valence-corrected chi connectivity index (χ3v) is 4.74. The van der Waals surface area contributed by atoms with E-state index in [1.165, 1.54) is 5.56 Å². The maximum absolute atomic E-state index is 12.8. The van der Waals surface area contributed by atoms with Gasteiger partial charge in [-0.3, -0.25) is 10.1 Å². The van der Waals surface area contributed by atoms with Crippen molar-refractivity contribution in [1.82, 2.24) is 5.32 Å². The zero-order valence-electron chi connectivity index (χ0n) is 13.4. The van der Waals surface area contributed by atoms with Gasteiger partial charge in [-0.2, -0.15) is 0 Å². The van der Waals surface area contributed by atoms with Crippen molar-refractivity contribution in [2.75, 3.05) is 11.4 Å². The number of fused-ring (bicyclic) bond motifs is 1. The molecule has 2 aromatic carbocycles. The fraction of sp³-hybridized carbons (Fsp3) is 0.316. The minimum absolute atomic E-state index is 0.0143. The Hall–Kier alpha value is -1.84. The van der Waals surface area contributed by atoms with Gasteiger partial charge < -0.3 is 4.90 Å². The third-order valence-electron chi connectivity index (χ3n) is 4.40. The average molecular weight is 329 g/mol. The summed E-state index contributed by atoms with van der Waals surface area (Å²) in [7, 11) is 0. The normalized spacial score (nSPS) is 16.0. The van der Waals surface area contributed by atoms with E-state index in [9.17, 15) is 4.79 Å². The average Bonchev–Trinajstić information content (AvgIpc) is 2.98. The summed E-state index contributed by atoms with van der Waals surface area (Å²) in [6.07, 6.45) is 0.925. The number of rotatable bonds is 4. The van der Waals surface area contributed by atoms with E-state index >= 15 is 0 Å². The molecule has 1 aliphatic heterocycles. The standard InChI is InChI=1S/C19H21ClN2O/c1-13(16-8-4-5-9-17(16)20)21-14(2)19(23)22-12-11-15-7-3-6-10-18(15)22/h3-10,13-14,21H,11-12H2,1-2H3. The van der Waals surface area contributed by atoms with Crippen molar-refractivity contribution in [2.45, 2.75) is 32.4 Å². The number of para-hydroxylation sites is 1.